The lowest BCUT2D eigenvalue weighted by molar-refractivity contribution is -0.142. The summed E-state index contributed by atoms with van der Waals surface area (Å²) in [5, 5.41) is 19.0. The number of hydrogen-bond acceptors (Lipinski definition) is 9. The van der Waals surface area contributed by atoms with Crippen molar-refractivity contribution in [3.05, 3.63) is 58.7 Å². The van der Waals surface area contributed by atoms with Crippen LogP contribution in [0.5, 0.6) is 17.5 Å². The van der Waals surface area contributed by atoms with Gasteiger partial charge < -0.3 is 19.9 Å². The smallest absolute Gasteiger partial charge is 0.435 e. The van der Waals surface area contributed by atoms with Gasteiger partial charge in [-0.3, -0.25) is 4.79 Å². The van der Waals surface area contributed by atoms with Gasteiger partial charge in [-0.2, -0.15) is 13.2 Å². The van der Waals surface area contributed by atoms with E-state index in [1.54, 1.807) is 0 Å². The summed E-state index contributed by atoms with van der Waals surface area (Å²) in [5.41, 5.74) is -4.34. The summed E-state index contributed by atoms with van der Waals surface area (Å²) in [6, 6.07) is 5.89. The molecule has 0 bridgehead atoms. The third-order valence-electron chi connectivity index (χ3n) is 5.69. The average Bonchev–Trinajstić information content (AvgIpc) is 3.57. The Kier molecular flexibility index (Phi) is 6.78. The number of halogens is 4. The van der Waals surface area contributed by atoms with Gasteiger partial charge in [0.1, 0.15) is 11.2 Å². The fourth-order valence-corrected chi connectivity index (χ4v) is 4.19. The summed E-state index contributed by atoms with van der Waals surface area (Å²) in [5.74, 6) is -4.21. The van der Waals surface area contributed by atoms with E-state index in [0.29, 0.717) is 12.8 Å². The zero-order chi connectivity index (χ0) is 28.0. The fourth-order valence-electron chi connectivity index (χ4n) is 3.53. The van der Waals surface area contributed by atoms with Crippen molar-refractivity contribution in [2.24, 2.45) is 0 Å². The maximum atomic E-state index is 15.0. The van der Waals surface area contributed by atoms with Crippen molar-refractivity contribution in [1.82, 2.24) is 15.2 Å². The third-order valence-corrected chi connectivity index (χ3v) is 6.80. The number of rotatable bonds is 7. The van der Waals surface area contributed by atoms with Gasteiger partial charge in [0, 0.05) is 18.0 Å². The minimum absolute atomic E-state index is 0.0300. The maximum Gasteiger partial charge on any atom is 0.435 e. The van der Waals surface area contributed by atoms with Gasteiger partial charge >= 0.3 is 6.18 Å². The molecule has 2 aromatic heterocycles. The number of amides is 1. The molecule has 38 heavy (non-hydrogen) atoms. The summed E-state index contributed by atoms with van der Waals surface area (Å²) < 4.78 is 89.8. The lowest BCUT2D eigenvalue weighted by Crippen LogP contribution is -2.21. The molecule has 2 N–H and O–H groups in total. The first-order chi connectivity index (χ1) is 17.6. The number of sulfone groups is 1. The molecule has 4 rings (SSSR count). The number of pyridine rings is 1. The largest absolute Gasteiger partial charge is 0.478 e. The molecule has 0 saturated heterocycles. The highest BCUT2D eigenvalue weighted by atomic mass is 32.2. The van der Waals surface area contributed by atoms with Crippen LogP contribution in [0, 0.1) is 12.7 Å². The molecule has 0 unspecified atom stereocenters. The number of carbonyl (C=O) groups excluding carboxylic acids is 1. The van der Waals surface area contributed by atoms with Crippen molar-refractivity contribution in [3.63, 3.8) is 0 Å². The van der Waals surface area contributed by atoms with E-state index in [4.69, 9.17) is 9.47 Å². The van der Waals surface area contributed by atoms with E-state index in [9.17, 15) is 31.5 Å². The van der Waals surface area contributed by atoms with Gasteiger partial charge in [0.25, 0.3) is 17.7 Å². The lowest BCUT2D eigenvalue weighted by Gasteiger charge is -2.18. The van der Waals surface area contributed by atoms with Crippen LogP contribution in [0.3, 0.4) is 0 Å². The van der Waals surface area contributed by atoms with Crippen molar-refractivity contribution in [3.8, 4) is 17.5 Å². The molecular formula is C23H20F4N4O6S. The molecule has 0 radical (unpaired) electrons. The van der Waals surface area contributed by atoms with E-state index >= 15 is 4.39 Å². The second-order valence-corrected chi connectivity index (χ2v) is 10.6. The number of aromatic nitrogens is 3. The van der Waals surface area contributed by atoms with Crippen molar-refractivity contribution >= 4 is 21.4 Å². The third kappa shape index (κ3) is 5.38. The first kappa shape index (κ1) is 27.2. The van der Waals surface area contributed by atoms with Crippen LogP contribution in [0.4, 0.5) is 23.2 Å². The standard InChI is InChI=1S/C23H20F4N4O6S/c1-11-16(19(32)28-12-5-4-6-13(9-12)38(3,34)35)20(31-30-18(11)23(25,26)27)37-17-14(24)10-15(22(33)7-8-22)29-21(17)36-2/h4-6,9-10,33H,7-8H2,1-3H3,(H,28,32). The van der Waals surface area contributed by atoms with E-state index in [1.807, 2.05) is 0 Å². The number of methoxy groups -OCH3 is 1. The number of carbonyl (C=O) groups is 1. The minimum atomic E-state index is -4.99. The van der Waals surface area contributed by atoms with Crippen molar-refractivity contribution < 1.29 is 45.4 Å². The van der Waals surface area contributed by atoms with Crippen LogP contribution >= 0.6 is 0 Å². The van der Waals surface area contributed by atoms with E-state index in [1.165, 1.54) is 18.2 Å². The summed E-state index contributed by atoms with van der Waals surface area (Å²) in [6.45, 7) is 0.948. The predicted octanol–water partition coefficient (Wildman–Crippen LogP) is 3.78. The summed E-state index contributed by atoms with van der Waals surface area (Å²) in [6.07, 6.45) is -3.36. The number of aliphatic hydroxyl groups is 1. The molecule has 1 saturated carbocycles. The van der Waals surface area contributed by atoms with Gasteiger partial charge in [-0.25, -0.2) is 17.8 Å². The first-order valence-electron chi connectivity index (χ1n) is 10.9. The number of anilines is 1. The van der Waals surface area contributed by atoms with Crippen molar-refractivity contribution in [1.29, 1.82) is 0 Å². The molecule has 1 amide bonds. The molecule has 3 aromatic rings. The summed E-state index contributed by atoms with van der Waals surface area (Å²) >= 11 is 0. The minimum Gasteiger partial charge on any atom is -0.478 e. The summed E-state index contributed by atoms with van der Waals surface area (Å²) in [7, 11) is -2.53. The zero-order valence-electron chi connectivity index (χ0n) is 20.1. The first-order valence-corrected chi connectivity index (χ1v) is 12.7. The highest BCUT2D eigenvalue weighted by Gasteiger charge is 2.45. The second kappa shape index (κ2) is 9.47. The van der Waals surface area contributed by atoms with Crippen molar-refractivity contribution in [2.45, 2.75) is 36.4 Å². The zero-order valence-corrected chi connectivity index (χ0v) is 20.9. The van der Waals surface area contributed by atoms with Crippen LogP contribution < -0.4 is 14.8 Å². The van der Waals surface area contributed by atoms with Gasteiger partial charge in [-0.05, 0) is 43.5 Å². The lowest BCUT2D eigenvalue weighted by atomic mass is 10.1. The van der Waals surface area contributed by atoms with Gasteiger partial charge in [0.2, 0.25) is 5.75 Å². The maximum absolute atomic E-state index is 15.0. The molecule has 10 nitrogen and oxygen atoms in total. The van der Waals surface area contributed by atoms with Crippen LogP contribution in [-0.4, -0.2) is 48.0 Å². The molecule has 1 aromatic carbocycles. The van der Waals surface area contributed by atoms with E-state index in [2.05, 4.69) is 20.5 Å². The molecule has 0 spiro atoms. The topological polar surface area (TPSA) is 141 Å². The Morgan fingerprint density at radius 3 is 2.42 bits per heavy atom. The van der Waals surface area contributed by atoms with Gasteiger partial charge in [0.05, 0.1) is 17.7 Å². The highest BCUT2D eigenvalue weighted by molar-refractivity contribution is 7.90. The van der Waals surface area contributed by atoms with E-state index < -0.39 is 67.7 Å². The predicted molar refractivity (Wildman–Crippen MR) is 123 cm³/mol. The number of alkyl halides is 3. The average molecular weight is 556 g/mol. The van der Waals surface area contributed by atoms with Crippen LogP contribution in [-0.2, 0) is 21.6 Å². The normalized spacial score (nSPS) is 14.6. The van der Waals surface area contributed by atoms with E-state index in [0.717, 1.165) is 32.4 Å². The highest BCUT2D eigenvalue weighted by Crippen LogP contribution is 2.47. The Bertz CT molecular complexity index is 1540. The quantitative estimate of drug-likeness (QED) is 0.416. The Morgan fingerprint density at radius 2 is 1.84 bits per heavy atom. The SMILES string of the molecule is COc1nc(C2(O)CC2)cc(F)c1Oc1nnc(C(F)(F)F)c(C)c1C(=O)Nc1cccc(S(C)(=O)=O)c1. The molecule has 0 aliphatic heterocycles. The van der Waals surface area contributed by atoms with Gasteiger partial charge in [-0.15, -0.1) is 10.2 Å². The van der Waals surface area contributed by atoms with Gasteiger partial charge in [0.15, 0.2) is 21.3 Å². The fraction of sp³-hybridized carbons (Fsp3) is 0.304. The van der Waals surface area contributed by atoms with Crippen molar-refractivity contribution in [2.75, 3.05) is 18.7 Å². The van der Waals surface area contributed by atoms with E-state index in [-0.39, 0.29) is 16.3 Å². The number of nitrogens with zero attached hydrogens (tertiary/aromatic N) is 3. The summed E-state index contributed by atoms with van der Waals surface area (Å²) in [4.78, 5) is 17.0. The monoisotopic (exact) mass is 556 g/mol. The molecule has 202 valence electrons. The molecule has 1 aliphatic rings. The van der Waals surface area contributed by atoms with Crippen LogP contribution in [0.1, 0.15) is 40.2 Å². The molecule has 1 aliphatic carbocycles. The molecule has 0 atom stereocenters. The molecule has 15 heteroatoms. The Hall–Kier alpha value is -3.85. The van der Waals surface area contributed by atoms with Crippen LogP contribution in [0.2, 0.25) is 0 Å². The number of nitrogens with one attached hydrogen (secondary N) is 1. The number of benzene rings is 1. The number of ether oxygens (including phenoxy) is 2. The molecule has 1 fully saturated rings. The van der Waals surface area contributed by atoms with Crippen LogP contribution in [0.15, 0.2) is 35.2 Å². The Balaban J connectivity index is 1.79. The second-order valence-electron chi connectivity index (χ2n) is 8.57. The number of hydrogen-bond donors (Lipinski definition) is 2. The molecule has 2 heterocycles. The van der Waals surface area contributed by atoms with Gasteiger partial charge in [-0.1, -0.05) is 6.07 Å². The molecular weight excluding hydrogens is 536 g/mol. The Morgan fingerprint density at radius 1 is 1.16 bits per heavy atom. The van der Waals surface area contributed by atoms with Crippen LogP contribution in [0.25, 0.3) is 0 Å². The Labute approximate surface area is 213 Å².